The maximum Gasteiger partial charge on any atom is 0.221 e. The average molecular weight is 266 g/mol. The van der Waals surface area contributed by atoms with Gasteiger partial charge in [-0.05, 0) is 31.5 Å². The summed E-state index contributed by atoms with van der Waals surface area (Å²) in [7, 11) is 1.56. The second-order valence-electron chi connectivity index (χ2n) is 4.62. The molecular weight excluding hydrogens is 244 g/mol. The van der Waals surface area contributed by atoms with Gasteiger partial charge in [-0.25, -0.2) is 0 Å². The summed E-state index contributed by atoms with van der Waals surface area (Å²) in [5.41, 5.74) is 1.67. The van der Waals surface area contributed by atoms with Gasteiger partial charge in [-0.3, -0.25) is 4.79 Å². The number of hydrogen-bond donors (Lipinski definition) is 3. The fourth-order valence-corrected chi connectivity index (χ4v) is 1.75. The minimum atomic E-state index is -0.393. The van der Waals surface area contributed by atoms with Crippen molar-refractivity contribution in [1.82, 2.24) is 5.32 Å². The van der Waals surface area contributed by atoms with E-state index < -0.39 is 6.10 Å². The highest BCUT2D eigenvalue weighted by atomic mass is 16.5. The Bertz CT molecular complexity index is 433. The molecule has 1 aromatic rings. The molecule has 0 saturated heterocycles. The van der Waals surface area contributed by atoms with Gasteiger partial charge in [0.25, 0.3) is 0 Å². The first-order valence-corrected chi connectivity index (χ1v) is 6.31. The van der Waals surface area contributed by atoms with Gasteiger partial charge in [0.2, 0.25) is 5.91 Å². The van der Waals surface area contributed by atoms with Crippen LogP contribution in [0, 0.1) is 0 Å². The van der Waals surface area contributed by atoms with Crippen molar-refractivity contribution >= 4 is 11.6 Å². The minimum Gasteiger partial charge on any atom is -0.495 e. The molecular formula is C14H22N2O3. The van der Waals surface area contributed by atoms with E-state index in [9.17, 15) is 9.90 Å². The van der Waals surface area contributed by atoms with E-state index in [1.165, 1.54) is 6.92 Å². The summed E-state index contributed by atoms with van der Waals surface area (Å²) >= 11 is 0. The molecule has 0 aliphatic rings. The van der Waals surface area contributed by atoms with Crippen LogP contribution in [0.4, 0.5) is 5.69 Å². The molecule has 1 rings (SSSR count). The van der Waals surface area contributed by atoms with Crippen molar-refractivity contribution < 1.29 is 14.6 Å². The molecule has 2 atom stereocenters. The van der Waals surface area contributed by atoms with Crippen LogP contribution in [0.15, 0.2) is 18.2 Å². The summed E-state index contributed by atoms with van der Waals surface area (Å²) in [6.45, 7) is 5.71. The van der Waals surface area contributed by atoms with Crippen LogP contribution < -0.4 is 15.4 Å². The molecule has 0 aliphatic carbocycles. The smallest absolute Gasteiger partial charge is 0.221 e. The number of nitrogens with one attached hydrogen (secondary N) is 2. The molecule has 0 fully saturated rings. The molecule has 0 radical (unpaired) electrons. The summed E-state index contributed by atoms with van der Waals surface area (Å²) in [4.78, 5) is 11.2. The van der Waals surface area contributed by atoms with Crippen molar-refractivity contribution in [3.05, 3.63) is 23.8 Å². The van der Waals surface area contributed by atoms with Crippen molar-refractivity contribution in [3.63, 3.8) is 0 Å². The number of rotatable bonds is 6. The van der Waals surface area contributed by atoms with Gasteiger partial charge in [0.05, 0.1) is 18.9 Å². The number of aliphatic hydroxyl groups is 1. The largest absolute Gasteiger partial charge is 0.495 e. The molecule has 5 heteroatoms. The lowest BCUT2D eigenvalue weighted by Gasteiger charge is -2.18. The van der Waals surface area contributed by atoms with E-state index in [-0.39, 0.29) is 11.9 Å². The summed E-state index contributed by atoms with van der Waals surface area (Å²) in [6, 6.07) is 5.71. The molecule has 1 aromatic carbocycles. The highest BCUT2D eigenvalue weighted by molar-refractivity contribution is 5.90. The number of carbonyl (C=O) groups is 1. The second-order valence-corrected chi connectivity index (χ2v) is 4.62. The van der Waals surface area contributed by atoms with E-state index in [2.05, 4.69) is 10.6 Å². The van der Waals surface area contributed by atoms with Crippen molar-refractivity contribution in [2.24, 2.45) is 0 Å². The van der Waals surface area contributed by atoms with Gasteiger partial charge in [0, 0.05) is 19.5 Å². The lowest BCUT2D eigenvalue weighted by molar-refractivity contribution is -0.114. The third-order valence-electron chi connectivity index (χ3n) is 2.75. The van der Waals surface area contributed by atoms with E-state index in [0.29, 0.717) is 18.0 Å². The van der Waals surface area contributed by atoms with Crippen LogP contribution in [-0.2, 0) is 4.79 Å². The van der Waals surface area contributed by atoms with Crippen molar-refractivity contribution in [1.29, 1.82) is 0 Å². The van der Waals surface area contributed by atoms with E-state index in [1.807, 2.05) is 25.1 Å². The molecule has 5 nitrogen and oxygen atoms in total. The molecule has 19 heavy (non-hydrogen) atoms. The molecule has 2 unspecified atom stereocenters. The van der Waals surface area contributed by atoms with Crippen LogP contribution >= 0.6 is 0 Å². The highest BCUT2D eigenvalue weighted by Gasteiger charge is 2.11. The first kappa shape index (κ1) is 15.5. The number of ether oxygens (including phenoxy) is 1. The van der Waals surface area contributed by atoms with Crippen LogP contribution in [0.5, 0.6) is 5.75 Å². The van der Waals surface area contributed by atoms with Crippen molar-refractivity contribution in [2.45, 2.75) is 32.9 Å². The molecule has 3 N–H and O–H groups in total. The average Bonchev–Trinajstić information content (AvgIpc) is 2.35. The van der Waals surface area contributed by atoms with Gasteiger partial charge < -0.3 is 20.5 Å². The lowest BCUT2D eigenvalue weighted by atomic mass is 10.1. The quantitative estimate of drug-likeness (QED) is 0.732. The molecule has 0 spiro atoms. The Balaban J connectivity index is 2.87. The van der Waals surface area contributed by atoms with Gasteiger partial charge in [0.15, 0.2) is 0 Å². The number of benzene rings is 1. The summed E-state index contributed by atoms with van der Waals surface area (Å²) in [5, 5.41) is 15.2. The number of hydrogen-bond acceptors (Lipinski definition) is 4. The monoisotopic (exact) mass is 266 g/mol. The Labute approximate surface area is 114 Å². The normalized spacial score (nSPS) is 13.7. The van der Waals surface area contributed by atoms with Crippen molar-refractivity contribution in [2.75, 3.05) is 19.0 Å². The summed E-state index contributed by atoms with van der Waals surface area (Å²) < 4.78 is 5.20. The van der Waals surface area contributed by atoms with Gasteiger partial charge in [-0.1, -0.05) is 6.07 Å². The third kappa shape index (κ3) is 4.89. The SMILES string of the molecule is COc1ccc(C(C)NCC(C)O)cc1NC(C)=O. The van der Waals surface area contributed by atoms with Crippen LogP contribution in [0.2, 0.25) is 0 Å². The molecule has 0 heterocycles. The Morgan fingerprint density at radius 2 is 2.11 bits per heavy atom. The Kier molecular flexibility index (Phi) is 5.79. The van der Waals surface area contributed by atoms with E-state index >= 15 is 0 Å². The molecule has 1 amide bonds. The zero-order valence-electron chi connectivity index (χ0n) is 11.9. The van der Waals surface area contributed by atoms with Gasteiger partial charge in [-0.2, -0.15) is 0 Å². The first-order valence-electron chi connectivity index (χ1n) is 6.31. The standard InChI is InChI=1S/C14H22N2O3/c1-9(17)8-15-10(2)12-5-6-14(19-4)13(7-12)16-11(3)18/h5-7,9-10,15,17H,8H2,1-4H3,(H,16,18). The first-order chi connectivity index (χ1) is 8.93. The summed E-state index contributed by atoms with van der Waals surface area (Å²) in [6.07, 6.45) is -0.393. The number of methoxy groups -OCH3 is 1. The Morgan fingerprint density at radius 1 is 1.42 bits per heavy atom. The predicted octanol–water partition coefficient (Wildman–Crippen LogP) is 1.68. The van der Waals surface area contributed by atoms with E-state index in [1.54, 1.807) is 14.0 Å². The minimum absolute atomic E-state index is 0.0769. The summed E-state index contributed by atoms with van der Waals surface area (Å²) in [5.74, 6) is 0.488. The Hall–Kier alpha value is -1.59. The molecule has 0 saturated carbocycles. The number of aliphatic hydroxyl groups excluding tert-OH is 1. The fourth-order valence-electron chi connectivity index (χ4n) is 1.75. The van der Waals surface area contributed by atoms with E-state index in [0.717, 1.165) is 5.56 Å². The van der Waals surface area contributed by atoms with Gasteiger partial charge in [0.1, 0.15) is 5.75 Å². The number of anilines is 1. The molecule has 0 bridgehead atoms. The van der Waals surface area contributed by atoms with Gasteiger partial charge >= 0.3 is 0 Å². The van der Waals surface area contributed by atoms with Crippen LogP contribution in [0.3, 0.4) is 0 Å². The topological polar surface area (TPSA) is 70.6 Å². The molecule has 0 aliphatic heterocycles. The molecule has 0 aromatic heterocycles. The number of carbonyl (C=O) groups excluding carboxylic acids is 1. The maximum atomic E-state index is 11.2. The zero-order valence-corrected chi connectivity index (χ0v) is 11.9. The van der Waals surface area contributed by atoms with Crippen molar-refractivity contribution in [3.8, 4) is 5.75 Å². The Morgan fingerprint density at radius 3 is 2.63 bits per heavy atom. The number of amides is 1. The van der Waals surface area contributed by atoms with E-state index in [4.69, 9.17) is 4.74 Å². The second kappa shape index (κ2) is 7.11. The molecule has 106 valence electrons. The fraction of sp³-hybridized carbons (Fsp3) is 0.500. The highest BCUT2D eigenvalue weighted by Crippen LogP contribution is 2.28. The van der Waals surface area contributed by atoms with Crippen LogP contribution in [0.25, 0.3) is 0 Å². The van der Waals surface area contributed by atoms with Crippen LogP contribution in [0.1, 0.15) is 32.4 Å². The zero-order chi connectivity index (χ0) is 14.4. The van der Waals surface area contributed by atoms with Crippen LogP contribution in [-0.4, -0.2) is 30.8 Å². The predicted molar refractivity (Wildman–Crippen MR) is 75.4 cm³/mol. The maximum absolute atomic E-state index is 11.2. The lowest BCUT2D eigenvalue weighted by Crippen LogP contribution is -2.27. The third-order valence-corrected chi connectivity index (χ3v) is 2.75. The van der Waals surface area contributed by atoms with Gasteiger partial charge in [-0.15, -0.1) is 0 Å².